The van der Waals surface area contributed by atoms with Crippen LogP contribution in [0.5, 0.6) is 0 Å². The highest BCUT2D eigenvalue weighted by Crippen LogP contribution is 2.10. The molecular weight excluding hydrogens is 196 g/mol. The Balaban J connectivity index is 1.95. The summed E-state index contributed by atoms with van der Waals surface area (Å²) in [4.78, 5) is 22.5. The molecule has 3 N–H and O–H groups in total. The van der Waals surface area contributed by atoms with Crippen molar-refractivity contribution in [2.45, 2.75) is 25.8 Å². The molecule has 15 heavy (non-hydrogen) atoms. The fourth-order valence-electron chi connectivity index (χ4n) is 1.51. The number of aryl methyl sites for hydroxylation is 1. The summed E-state index contributed by atoms with van der Waals surface area (Å²) in [5.41, 5.74) is 0.876. The number of hydrogen-bond donors (Lipinski definition) is 3. The molecule has 1 aliphatic heterocycles. The van der Waals surface area contributed by atoms with Crippen LogP contribution >= 0.6 is 0 Å². The molecule has 2 rings (SSSR count). The molecule has 1 atom stereocenters. The van der Waals surface area contributed by atoms with E-state index < -0.39 is 6.04 Å². The molecule has 0 aliphatic carbocycles. The monoisotopic (exact) mass is 208 g/mol. The van der Waals surface area contributed by atoms with Crippen molar-refractivity contribution in [1.82, 2.24) is 15.5 Å². The average Bonchev–Trinajstić information content (AvgIpc) is 2.75. The van der Waals surface area contributed by atoms with Gasteiger partial charge in [-0.3, -0.25) is 14.7 Å². The van der Waals surface area contributed by atoms with Gasteiger partial charge in [0.25, 0.3) is 0 Å². The fourth-order valence-corrected chi connectivity index (χ4v) is 1.51. The second kappa shape index (κ2) is 3.72. The third kappa shape index (κ3) is 2.15. The van der Waals surface area contributed by atoms with Crippen LogP contribution in [0.15, 0.2) is 6.07 Å². The molecule has 2 heterocycles. The molecule has 0 spiro atoms. The number of anilines is 1. The Labute approximate surface area is 86.4 Å². The number of hydrogen-bond acceptors (Lipinski definition) is 3. The van der Waals surface area contributed by atoms with Crippen LogP contribution in [0.1, 0.15) is 18.5 Å². The van der Waals surface area contributed by atoms with E-state index in [0.717, 1.165) is 5.69 Å². The van der Waals surface area contributed by atoms with Gasteiger partial charge in [-0.2, -0.15) is 5.10 Å². The standard InChI is InChI=1S/C9H12N4O2/c1-5-4-7(13-12-5)11-9(15)6-2-3-8(14)10-6/h4,6H,2-3H2,1H3,(H,10,14)(H2,11,12,13,15). The lowest BCUT2D eigenvalue weighted by Crippen LogP contribution is -2.37. The predicted octanol–water partition coefficient (Wildman–Crippen LogP) is -0.0648. The molecule has 6 heteroatoms. The van der Waals surface area contributed by atoms with Crippen molar-refractivity contribution in [3.05, 3.63) is 11.8 Å². The van der Waals surface area contributed by atoms with Crippen molar-refractivity contribution in [2.75, 3.05) is 5.32 Å². The van der Waals surface area contributed by atoms with Crippen LogP contribution in [-0.2, 0) is 9.59 Å². The van der Waals surface area contributed by atoms with E-state index in [0.29, 0.717) is 18.7 Å². The summed E-state index contributed by atoms with van der Waals surface area (Å²) < 4.78 is 0. The molecular formula is C9H12N4O2. The van der Waals surface area contributed by atoms with Crippen molar-refractivity contribution < 1.29 is 9.59 Å². The number of rotatable bonds is 2. The Hall–Kier alpha value is -1.85. The van der Waals surface area contributed by atoms with E-state index in [4.69, 9.17) is 0 Å². The number of nitrogens with zero attached hydrogens (tertiary/aromatic N) is 1. The maximum atomic E-state index is 11.6. The van der Waals surface area contributed by atoms with Crippen LogP contribution in [0.3, 0.4) is 0 Å². The van der Waals surface area contributed by atoms with E-state index in [1.807, 2.05) is 6.92 Å². The van der Waals surface area contributed by atoms with Gasteiger partial charge in [-0.1, -0.05) is 0 Å². The van der Waals surface area contributed by atoms with E-state index in [-0.39, 0.29) is 11.8 Å². The molecule has 1 aromatic heterocycles. The number of carbonyl (C=O) groups is 2. The second-order valence-corrected chi connectivity index (χ2v) is 3.58. The summed E-state index contributed by atoms with van der Waals surface area (Å²) in [6.07, 6.45) is 0.964. The smallest absolute Gasteiger partial charge is 0.248 e. The van der Waals surface area contributed by atoms with E-state index >= 15 is 0 Å². The zero-order chi connectivity index (χ0) is 10.8. The highest BCUT2D eigenvalue weighted by molar-refractivity contribution is 5.98. The zero-order valence-corrected chi connectivity index (χ0v) is 8.33. The second-order valence-electron chi connectivity index (χ2n) is 3.58. The van der Waals surface area contributed by atoms with Gasteiger partial charge in [-0.25, -0.2) is 0 Å². The summed E-state index contributed by atoms with van der Waals surface area (Å²) in [5, 5.41) is 11.8. The average molecular weight is 208 g/mol. The summed E-state index contributed by atoms with van der Waals surface area (Å²) >= 11 is 0. The van der Waals surface area contributed by atoms with E-state index in [1.54, 1.807) is 6.07 Å². The Morgan fingerprint density at radius 3 is 3.00 bits per heavy atom. The minimum atomic E-state index is -0.422. The maximum Gasteiger partial charge on any atom is 0.248 e. The van der Waals surface area contributed by atoms with Crippen LogP contribution in [0, 0.1) is 6.92 Å². The molecule has 1 fully saturated rings. The number of nitrogens with one attached hydrogen (secondary N) is 3. The minimum absolute atomic E-state index is 0.0756. The Morgan fingerprint density at radius 2 is 2.47 bits per heavy atom. The van der Waals surface area contributed by atoms with Gasteiger partial charge in [0.05, 0.1) is 0 Å². The van der Waals surface area contributed by atoms with Crippen molar-refractivity contribution in [3.8, 4) is 0 Å². The fraction of sp³-hybridized carbons (Fsp3) is 0.444. The van der Waals surface area contributed by atoms with Gasteiger partial charge >= 0.3 is 0 Å². The molecule has 2 amide bonds. The molecule has 1 aliphatic rings. The third-order valence-corrected chi connectivity index (χ3v) is 2.27. The van der Waals surface area contributed by atoms with Crippen molar-refractivity contribution in [2.24, 2.45) is 0 Å². The lowest BCUT2D eigenvalue weighted by Gasteiger charge is -2.08. The topological polar surface area (TPSA) is 86.9 Å². The Bertz CT molecular complexity index is 399. The predicted molar refractivity (Wildman–Crippen MR) is 53.1 cm³/mol. The van der Waals surface area contributed by atoms with E-state index in [2.05, 4.69) is 20.8 Å². The Morgan fingerprint density at radius 1 is 1.67 bits per heavy atom. The summed E-state index contributed by atoms with van der Waals surface area (Å²) in [6, 6.07) is 1.31. The van der Waals surface area contributed by atoms with Gasteiger partial charge in [0.2, 0.25) is 11.8 Å². The van der Waals surface area contributed by atoms with Gasteiger partial charge in [-0.05, 0) is 13.3 Å². The minimum Gasteiger partial charge on any atom is -0.344 e. The van der Waals surface area contributed by atoms with Crippen molar-refractivity contribution >= 4 is 17.6 Å². The molecule has 0 bridgehead atoms. The summed E-state index contributed by atoms with van der Waals surface area (Å²) in [6.45, 7) is 1.85. The van der Waals surface area contributed by atoms with Gasteiger partial charge in [0.1, 0.15) is 6.04 Å². The summed E-state index contributed by atoms with van der Waals surface area (Å²) in [7, 11) is 0. The first kappa shape index (κ1) is 9.70. The molecule has 6 nitrogen and oxygen atoms in total. The molecule has 0 saturated carbocycles. The van der Waals surface area contributed by atoms with E-state index in [9.17, 15) is 9.59 Å². The number of amides is 2. The maximum absolute atomic E-state index is 11.6. The number of H-pyrrole nitrogens is 1. The summed E-state index contributed by atoms with van der Waals surface area (Å²) in [5.74, 6) is 0.194. The van der Waals surface area contributed by atoms with Crippen LogP contribution in [-0.4, -0.2) is 28.1 Å². The number of aromatic nitrogens is 2. The number of carbonyl (C=O) groups excluding carboxylic acids is 2. The first-order valence-electron chi connectivity index (χ1n) is 4.77. The highest BCUT2D eigenvalue weighted by atomic mass is 16.2. The molecule has 1 unspecified atom stereocenters. The van der Waals surface area contributed by atoms with Gasteiger partial charge in [-0.15, -0.1) is 0 Å². The van der Waals surface area contributed by atoms with Gasteiger partial charge < -0.3 is 10.6 Å². The molecule has 1 saturated heterocycles. The van der Waals surface area contributed by atoms with Crippen LogP contribution in [0.2, 0.25) is 0 Å². The van der Waals surface area contributed by atoms with E-state index in [1.165, 1.54) is 0 Å². The van der Waals surface area contributed by atoms with Gasteiger partial charge in [0.15, 0.2) is 5.82 Å². The first-order valence-corrected chi connectivity index (χ1v) is 4.77. The molecule has 0 radical (unpaired) electrons. The van der Waals surface area contributed by atoms with Crippen molar-refractivity contribution in [1.29, 1.82) is 0 Å². The SMILES string of the molecule is Cc1cc(NC(=O)C2CCC(=O)N2)n[nH]1. The van der Waals surface area contributed by atoms with Crippen LogP contribution in [0.4, 0.5) is 5.82 Å². The third-order valence-electron chi connectivity index (χ3n) is 2.27. The zero-order valence-electron chi connectivity index (χ0n) is 8.33. The number of aromatic amines is 1. The van der Waals surface area contributed by atoms with Crippen molar-refractivity contribution in [3.63, 3.8) is 0 Å². The largest absolute Gasteiger partial charge is 0.344 e. The van der Waals surface area contributed by atoms with Crippen LogP contribution < -0.4 is 10.6 Å². The lowest BCUT2D eigenvalue weighted by molar-refractivity contribution is -0.122. The van der Waals surface area contributed by atoms with Gasteiger partial charge in [0, 0.05) is 18.2 Å². The molecule has 80 valence electrons. The Kier molecular flexibility index (Phi) is 2.40. The van der Waals surface area contributed by atoms with Crippen LogP contribution in [0.25, 0.3) is 0 Å². The molecule has 0 aromatic carbocycles. The lowest BCUT2D eigenvalue weighted by atomic mass is 10.2. The quantitative estimate of drug-likeness (QED) is 0.636. The highest BCUT2D eigenvalue weighted by Gasteiger charge is 2.27. The first-order chi connectivity index (χ1) is 7.15. The molecule has 1 aromatic rings. The normalized spacial score (nSPS) is 20.1.